The van der Waals surface area contributed by atoms with Crippen molar-refractivity contribution in [3.05, 3.63) is 12.2 Å². The van der Waals surface area contributed by atoms with Crippen molar-refractivity contribution in [1.82, 2.24) is 0 Å². The molecule has 0 aromatic heterocycles. The van der Waals surface area contributed by atoms with Crippen LogP contribution in [0.1, 0.15) is 6.92 Å². The zero-order valence-electron chi connectivity index (χ0n) is 5.91. The van der Waals surface area contributed by atoms with E-state index < -0.39 is 0 Å². The Hall–Kier alpha value is 0.950. The summed E-state index contributed by atoms with van der Waals surface area (Å²) in [6, 6.07) is 0. The van der Waals surface area contributed by atoms with E-state index in [-0.39, 0.29) is 6.10 Å². The van der Waals surface area contributed by atoms with Gasteiger partial charge in [0.1, 0.15) is 6.10 Å². The standard InChI is InChI=1S/C5H13O2P3/c1-2-3-5(4-6-8)7-10-9/h2-3,5,10H,4,8-9H2,1H3/b3-2+/t5-/m1/s1. The van der Waals surface area contributed by atoms with Crippen LogP contribution in [-0.2, 0) is 9.05 Å². The Bertz CT molecular complexity index is 90.9. The van der Waals surface area contributed by atoms with Gasteiger partial charge in [-0.15, -0.1) is 0 Å². The Morgan fingerprint density at radius 3 is 2.80 bits per heavy atom. The van der Waals surface area contributed by atoms with Crippen LogP contribution in [-0.4, -0.2) is 12.7 Å². The zero-order valence-corrected chi connectivity index (χ0v) is 9.22. The van der Waals surface area contributed by atoms with Gasteiger partial charge in [0.15, 0.2) is 0 Å². The normalized spacial score (nSPS) is 15.5. The van der Waals surface area contributed by atoms with Crippen LogP contribution >= 0.6 is 26.9 Å². The van der Waals surface area contributed by atoms with Gasteiger partial charge in [-0.25, -0.2) is 0 Å². The molecule has 0 N–H and O–H groups in total. The average Bonchev–Trinajstić information content (AvgIpc) is 1.90. The summed E-state index contributed by atoms with van der Waals surface area (Å²) in [5.41, 5.74) is 0. The van der Waals surface area contributed by atoms with E-state index in [1.54, 1.807) is 0 Å². The van der Waals surface area contributed by atoms with Gasteiger partial charge in [-0.05, 0) is 6.92 Å². The molecule has 0 radical (unpaired) electrons. The molecule has 10 heavy (non-hydrogen) atoms. The number of rotatable bonds is 5. The lowest BCUT2D eigenvalue weighted by atomic mass is 10.3. The predicted molar refractivity (Wildman–Crippen MR) is 53.4 cm³/mol. The maximum absolute atomic E-state index is 5.29. The molecule has 0 heterocycles. The smallest absolute Gasteiger partial charge is 0.104 e. The van der Waals surface area contributed by atoms with Crippen molar-refractivity contribution in [2.24, 2.45) is 0 Å². The summed E-state index contributed by atoms with van der Waals surface area (Å²) in [7, 11) is 5.17. The van der Waals surface area contributed by atoms with E-state index in [2.05, 4.69) is 18.4 Å². The van der Waals surface area contributed by atoms with Gasteiger partial charge < -0.3 is 9.05 Å². The van der Waals surface area contributed by atoms with Crippen LogP contribution in [0.3, 0.4) is 0 Å². The second-order valence-electron chi connectivity index (χ2n) is 1.63. The molecule has 0 amide bonds. The minimum absolute atomic E-state index is 0.0957. The van der Waals surface area contributed by atoms with Crippen molar-refractivity contribution in [2.75, 3.05) is 6.61 Å². The van der Waals surface area contributed by atoms with E-state index >= 15 is 0 Å². The molecule has 2 nitrogen and oxygen atoms in total. The lowest BCUT2D eigenvalue weighted by Gasteiger charge is -2.09. The molecule has 0 saturated carbocycles. The molecular weight excluding hydrogens is 185 g/mol. The van der Waals surface area contributed by atoms with Gasteiger partial charge in [0, 0.05) is 18.0 Å². The maximum Gasteiger partial charge on any atom is 0.104 e. The minimum Gasteiger partial charge on any atom is -0.363 e. The minimum atomic E-state index is 0.0957. The quantitative estimate of drug-likeness (QED) is 0.497. The molecule has 5 heteroatoms. The summed E-state index contributed by atoms with van der Waals surface area (Å²) in [5.74, 6) is 0. The second-order valence-corrected chi connectivity index (χ2v) is 3.15. The molecule has 0 bridgehead atoms. The zero-order chi connectivity index (χ0) is 7.82. The number of allylic oxidation sites excluding steroid dienone is 1. The van der Waals surface area contributed by atoms with E-state index in [9.17, 15) is 0 Å². The third-order valence-corrected chi connectivity index (χ3v) is 1.93. The third-order valence-electron chi connectivity index (χ3n) is 0.887. The lowest BCUT2D eigenvalue weighted by molar-refractivity contribution is 0.203. The summed E-state index contributed by atoms with van der Waals surface area (Å²) in [4.78, 5) is 0. The first-order valence-corrected chi connectivity index (χ1v) is 6.09. The largest absolute Gasteiger partial charge is 0.363 e. The summed E-state index contributed by atoms with van der Waals surface area (Å²) in [6.07, 6.45) is 4.03. The van der Waals surface area contributed by atoms with Gasteiger partial charge in [-0.2, -0.15) is 0 Å². The fourth-order valence-electron chi connectivity index (χ4n) is 0.526. The molecule has 3 unspecified atom stereocenters. The Kier molecular flexibility index (Phi) is 8.82. The number of hydrogen-bond acceptors (Lipinski definition) is 2. The van der Waals surface area contributed by atoms with Crippen LogP contribution in [0.15, 0.2) is 12.2 Å². The van der Waals surface area contributed by atoms with Crippen LogP contribution in [0.4, 0.5) is 0 Å². The molecule has 0 aromatic rings. The van der Waals surface area contributed by atoms with Crippen LogP contribution in [0, 0.1) is 0 Å². The van der Waals surface area contributed by atoms with E-state index in [0.29, 0.717) is 15.1 Å². The Morgan fingerprint density at radius 1 is 1.70 bits per heavy atom. The van der Waals surface area contributed by atoms with Gasteiger partial charge in [-0.1, -0.05) is 21.1 Å². The molecule has 0 aliphatic heterocycles. The van der Waals surface area contributed by atoms with Gasteiger partial charge in [0.05, 0.1) is 6.61 Å². The summed E-state index contributed by atoms with van der Waals surface area (Å²) in [6.45, 7) is 2.56. The highest BCUT2D eigenvalue weighted by Gasteiger charge is 2.00. The van der Waals surface area contributed by atoms with Crippen molar-refractivity contribution >= 4 is 26.9 Å². The molecule has 0 aliphatic rings. The van der Waals surface area contributed by atoms with E-state index in [4.69, 9.17) is 9.05 Å². The van der Waals surface area contributed by atoms with Crippen molar-refractivity contribution < 1.29 is 9.05 Å². The molecule has 0 saturated heterocycles. The van der Waals surface area contributed by atoms with Crippen molar-refractivity contribution in [3.63, 3.8) is 0 Å². The van der Waals surface area contributed by atoms with Crippen molar-refractivity contribution in [1.29, 1.82) is 0 Å². The van der Waals surface area contributed by atoms with Gasteiger partial charge >= 0.3 is 0 Å². The first kappa shape index (κ1) is 11.0. The van der Waals surface area contributed by atoms with Gasteiger partial charge in [-0.3, -0.25) is 0 Å². The average molecular weight is 198 g/mol. The van der Waals surface area contributed by atoms with Crippen LogP contribution in [0.2, 0.25) is 0 Å². The summed E-state index contributed by atoms with van der Waals surface area (Å²) in [5, 5.41) is 0. The monoisotopic (exact) mass is 198 g/mol. The highest BCUT2D eigenvalue weighted by Crippen LogP contribution is 2.24. The SMILES string of the molecule is C/C=C/[C@H](COP)OPP. The fourth-order valence-corrected chi connectivity index (χ4v) is 1.56. The van der Waals surface area contributed by atoms with E-state index in [0.717, 1.165) is 0 Å². The number of hydrogen-bond donors (Lipinski definition) is 0. The van der Waals surface area contributed by atoms with Crippen LogP contribution < -0.4 is 0 Å². The highest BCUT2D eigenvalue weighted by molar-refractivity contribution is 8.00. The molecule has 4 atom stereocenters. The molecule has 0 aromatic carbocycles. The highest BCUT2D eigenvalue weighted by atomic mass is 32.0. The topological polar surface area (TPSA) is 18.5 Å². The molecule has 0 rings (SSSR count). The molecule has 60 valence electrons. The molecule has 0 aliphatic carbocycles. The Morgan fingerprint density at radius 2 is 2.40 bits per heavy atom. The molecule has 0 spiro atoms. The second kappa shape index (κ2) is 8.05. The van der Waals surface area contributed by atoms with Crippen LogP contribution in [0.5, 0.6) is 0 Å². The van der Waals surface area contributed by atoms with Gasteiger partial charge in [0.2, 0.25) is 0 Å². The summed E-state index contributed by atoms with van der Waals surface area (Å²) >= 11 is 0. The lowest BCUT2D eigenvalue weighted by Crippen LogP contribution is -2.09. The maximum atomic E-state index is 5.29. The fraction of sp³-hybridized carbons (Fsp3) is 0.600. The van der Waals surface area contributed by atoms with E-state index in [1.807, 2.05) is 19.1 Å². The predicted octanol–water partition coefficient (Wildman–Crippen LogP) is 2.14. The Labute approximate surface area is 68.4 Å². The van der Waals surface area contributed by atoms with Gasteiger partial charge in [0.25, 0.3) is 0 Å². The van der Waals surface area contributed by atoms with Crippen molar-refractivity contribution in [2.45, 2.75) is 13.0 Å². The summed E-state index contributed by atoms with van der Waals surface area (Å²) < 4.78 is 10.1. The first-order valence-electron chi connectivity index (χ1n) is 2.91. The molecule has 0 fully saturated rings. The van der Waals surface area contributed by atoms with Crippen molar-refractivity contribution in [3.8, 4) is 0 Å². The first-order chi connectivity index (χ1) is 4.85. The van der Waals surface area contributed by atoms with E-state index in [1.165, 1.54) is 0 Å². The Balaban J connectivity index is 3.50. The third kappa shape index (κ3) is 5.71. The van der Waals surface area contributed by atoms with Crippen LogP contribution in [0.25, 0.3) is 0 Å². The molecular formula is C5H13O2P3.